The number of allylic oxidation sites excluding steroid dienone is 2. The summed E-state index contributed by atoms with van der Waals surface area (Å²) in [7, 11) is 0. The Morgan fingerprint density at radius 1 is 0.828 bits per heavy atom. The first-order valence-electron chi connectivity index (χ1n) is 10.0. The molecule has 0 fully saturated rings. The lowest BCUT2D eigenvalue weighted by Gasteiger charge is -2.29. The fourth-order valence-corrected chi connectivity index (χ4v) is 3.88. The largest absolute Gasteiger partial charge is 0.507 e. The summed E-state index contributed by atoms with van der Waals surface area (Å²) in [5.41, 5.74) is 4.80. The van der Waals surface area contributed by atoms with Gasteiger partial charge < -0.3 is 5.11 Å². The Morgan fingerprint density at radius 3 is 1.83 bits per heavy atom. The summed E-state index contributed by atoms with van der Waals surface area (Å²) >= 11 is 0. The number of carbonyl (C=O) groups is 2. The maximum Gasteiger partial charge on any atom is 0.194 e. The van der Waals surface area contributed by atoms with Crippen LogP contribution in [0.5, 0.6) is 5.75 Å². The van der Waals surface area contributed by atoms with Crippen molar-refractivity contribution in [2.45, 2.75) is 66.2 Å². The molecular formula is C26H30O3. The normalized spacial score (nSPS) is 14.7. The summed E-state index contributed by atoms with van der Waals surface area (Å²) in [6.45, 7) is 16.0. The number of aryl methyl sites for hydroxylation is 1. The van der Waals surface area contributed by atoms with Gasteiger partial charge >= 0.3 is 0 Å². The Bertz CT molecular complexity index is 1040. The first-order valence-corrected chi connectivity index (χ1v) is 10.0. The number of aromatic hydroxyl groups is 1. The smallest absolute Gasteiger partial charge is 0.194 e. The molecule has 3 heteroatoms. The molecule has 0 aromatic heterocycles. The zero-order valence-electron chi connectivity index (χ0n) is 18.7. The van der Waals surface area contributed by atoms with Crippen LogP contribution in [0.15, 0.2) is 30.3 Å². The van der Waals surface area contributed by atoms with E-state index in [-0.39, 0.29) is 28.1 Å². The Labute approximate surface area is 173 Å². The molecule has 3 rings (SSSR count). The zero-order chi connectivity index (χ0) is 21.9. The van der Waals surface area contributed by atoms with E-state index in [9.17, 15) is 14.7 Å². The Hall–Kier alpha value is -2.68. The quantitative estimate of drug-likeness (QED) is 0.643. The first kappa shape index (κ1) is 21.0. The SMILES string of the molecule is Cc1ccc2c(c1C)C(=O)C=C(c1cc(C(C)(C)C)c(O)c(C(C)(C)C)c1)C2=O. The Kier molecular flexibility index (Phi) is 4.85. The van der Waals surface area contributed by atoms with Gasteiger partial charge in [-0.3, -0.25) is 9.59 Å². The van der Waals surface area contributed by atoms with E-state index in [0.29, 0.717) is 22.3 Å². The molecule has 0 aliphatic heterocycles. The summed E-state index contributed by atoms with van der Waals surface area (Å²) in [6.07, 6.45) is 1.46. The van der Waals surface area contributed by atoms with Crippen LogP contribution >= 0.6 is 0 Å². The van der Waals surface area contributed by atoms with Gasteiger partial charge in [-0.1, -0.05) is 53.7 Å². The van der Waals surface area contributed by atoms with Gasteiger partial charge in [0.25, 0.3) is 0 Å². The number of benzene rings is 2. The van der Waals surface area contributed by atoms with Crippen molar-refractivity contribution in [1.29, 1.82) is 0 Å². The third kappa shape index (κ3) is 3.55. The van der Waals surface area contributed by atoms with E-state index < -0.39 is 0 Å². The van der Waals surface area contributed by atoms with Crippen molar-refractivity contribution in [3.8, 4) is 5.75 Å². The predicted octanol–water partition coefficient (Wildman–Crippen LogP) is 6.07. The molecule has 1 aliphatic carbocycles. The number of Topliss-reactive ketones (excluding diaryl/α,β-unsaturated/α-hetero) is 1. The molecule has 152 valence electrons. The zero-order valence-corrected chi connectivity index (χ0v) is 18.7. The minimum Gasteiger partial charge on any atom is -0.507 e. The van der Waals surface area contributed by atoms with Gasteiger partial charge in [0, 0.05) is 27.8 Å². The molecule has 1 N–H and O–H groups in total. The molecule has 0 saturated heterocycles. The molecule has 2 aromatic carbocycles. The van der Waals surface area contributed by atoms with Crippen molar-refractivity contribution in [3.63, 3.8) is 0 Å². The molecule has 0 radical (unpaired) electrons. The molecular weight excluding hydrogens is 360 g/mol. The molecule has 3 nitrogen and oxygen atoms in total. The third-order valence-electron chi connectivity index (χ3n) is 5.78. The summed E-state index contributed by atoms with van der Waals surface area (Å²) < 4.78 is 0. The van der Waals surface area contributed by atoms with Gasteiger partial charge in [0.1, 0.15) is 5.75 Å². The highest BCUT2D eigenvalue weighted by atomic mass is 16.3. The van der Waals surface area contributed by atoms with Crippen LogP contribution < -0.4 is 0 Å². The Balaban J connectivity index is 2.28. The van der Waals surface area contributed by atoms with Gasteiger partial charge in [0.2, 0.25) is 0 Å². The van der Waals surface area contributed by atoms with E-state index in [1.54, 1.807) is 6.07 Å². The minimum absolute atomic E-state index is 0.140. The number of phenols is 1. The van der Waals surface area contributed by atoms with E-state index >= 15 is 0 Å². The van der Waals surface area contributed by atoms with Crippen LogP contribution in [0, 0.1) is 13.8 Å². The van der Waals surface area contributed by atoms with Gasteiger partial charge in [-0.15, -0.1) is 0 Å². The fraction of sp³-hybridized carbons (Fsp3) is 0.385. The van der Waals surface area contributed by atoms with Gasteiger partial charge in [-0.05, 0) is 59.6 Å². The lowest BCUT2D eigenvalue weighted by atomic mass is 9.76. The Morgan fingerprint density at radius 2 is 1.34 bits per heavy atom. The molecule has 1 aliphatic rings. The van der Waals surface area contributed by atoms with Crippen molar-refractivity contribution >= 4 is 17.1 Å². The number of ketones is 2. The van der Waals surface area contributed by atoms with Gasteiger partial charge in [-0.2, -0.15) is 0 Å². The number of carbonyl (C=O) groups excluding carboxylic acids is 2. The molecule has 0 bridgehead atoms. The van der Waals surface area contributed by atoms with Gasteiger partial charge in [0.05, 0.1) is 0 Å². The molecule has 0 spiro atoms. The van der Waals surface area contributed by atoms with Crippen LogP contribution in [0.2, 0.25) is 0 Å². The average Bonchev–Trinajstić information content (AvgIpc) is 2.58. The number of phenolic OH excluding ortho intramolecular Hbond substituents is 1. The van der Waals surface area contributed by atoms with E-state index in [4.69, 9.17) is 0 Å². The lowest BCUT2D eigenvalue weighted by molar-refractivity contribution is 0.100. The van der Waals surface area contributed by atoms with Crippen LogP contribution in [0.25, 0.3) is 5.57 Å². The van der Waals surface area contributed by atoms with Crippen LogP contribution in [-0.2, 0) is 10.8 Å². The number of hydrogen-bond donors (Lipinski definition) is 1. The maximum absolute atomic E-state index is 13.4. The molecule has 2 aromatic rings. The molecule has 29 heavy (non-hydrogen) atoms. The van der Waals surface area contributed by atoms with Crippen molar-refractivity contribution in [2.24, 2.45) is 0 Å². The standard InChI is InChI=1S/C26H30O3/c1-14-9-10-17-22(15(14)2)21(27)13-18(23(17)28)16-11-19(25(3,4)5)24(29)20(12-16)26(6,7)8/h9-13,29H,1-8H3. The second-order valence-electron chi connectivity index (χ2n) is 10.1. The molecule has 0 amide bonds. The van der Waals surface area contributed by atoms with Crippen molar-refractivity contribution in [1.82, 2.24) is 0 Å². The highest BCUT2D eigenvalue weighted by Crippen LogP contribution is 2.42. The highest BCUT2D eigenvalue weighted by molar-refractivity contribution is 6.39. The van der Waals surface area contributed by atoms with Crippen molar-refractivity contribution in [3.05, 3.63) is 69.3 Å². The second kappa shape index (κ2) is 6.69. The summed E-state index contributed by atoms with van der Waals surface area (Å²) in [6, 6.07) is 7.35. The number of fused-ring (bicyclic) bond motifs is 1. The van der Waals surface area contributed by atoms with Gasteiger partial charge in [0.15, 0.2) is 11.6 Å². The summed E-state index contributed by atoms with van der Waals surface area (Å²) in [4.78, 5) is 26.3. The average molecular weight is 391 g/mol. The van der Waals surface area contributed by atoms with Crippen LogP contribution in [0.3, 0.4) is 0 Å². The number of rotatable bonds is 1. The maximum atomic E-state index is 13.4. The highest BCUT2D eigenvalue weighted by Gasteiger charge is 2.32. The summed E-state index contributed by atoms with van der Waals surface area (Å²) in [5, 5.41) is 11.0. The fourth-order valence-electron chi connectivity index (χ4n) is 3.88. The minimum atomic E-state index is -0.312. The lowest BCUT2D eigenvalue weighted by Crippen LogP contribution is -2.21. The van der Waals surface area contributed by atoms with Gasteiger partial charge in [-0.25, -0.2) is 0 Å². The summed E-state index contributed by atoms with van der Waals surface area (Å²) in [5.74, 6) is -0.0256. The van der Waals surface area contributed by atoms with Crippen LogP contribution in [0.4, 0.5) is 0 Å². The molecule has 0 unspecified atom stereocenters. The third-order valence-corrected chi connectivity index (χ3v) is 5.78. The van der Waals surface area contributed by atoms with Crippen LogP contribution in [0.1, 0.15) is 90.1 Å². The monoisotopic (exact) mass is 390 g/mol. The number of hydrogen-bond acceptors (Lipinski definition) is 3. The first-order chi connectivity index (χ1) is 13.2. The topological polar surface area (TPSA) is 54.4 Å². The van der Waals surface area contributed by atoms with E-state index in [0.717, 1.165) is 22.3 Å². The van der Waals surface area contributed by atoms with Crippen molar-refractivity contribution in [2.75, 3.05) is 0 Å². The van der Waals surface area contributed by atoms with Crippen LogP contribution in [-0.4, -0.2) is 16.7 Å². The van der Waals surface area contributed by atoms with E-state index in [2.05, 4.69) is 0 Å². The van der Waals surface area contributed by atoms with E-state index in [1.165, 1.54) is 6.08 Å². The second-order valence-corrected chi connectivity index (χ2v) is 10.1. The van der Waals surface area contributed by atoms with E-state index in [1.807, 2.05) is 73.6 Å². The predicted molar refractivity (Wildman–Crippen MR) is 118 cm³/mol. The van der Waals surface area contributed by atoms with Crippen molar-refractivity contribution < 1.29 is 14.7 Å². The molecule has 0 heterocycles. The molecule has 0 atom stereocenters. The molecule has 0 saturated carbocycles.